The van der Waals surface area contributed by atoms with Crippen LogP contribution in [0.4, 0.5) is 4.39 Å². The summed E-state index contributed by atoms with van der Waals surface area (Å²) in [5.74, 6) is -0.173. The summed E-state index contributed by atoms with van der Waals surface area (Å²) in [6.45, 7) is 21.6. The van der Waals surface area contributed by atoms with Crippen molar-refractivity contribution in [3.8, 4) is 11.4 Å². The number of carbonyl (C=O) groups is 4. The van der Waals surface area contributed by atoms with Crippen molar-refractivity contribution in [3.05, 3.63) is 186 Å². The minimum atomic E-state index is -3.44. The fraction of sp³-hybridized carbons (Fsp3) is 0.316. The summed E-state index contributed by atoms with van der Waals surface area (Å²) >= 11 is 8.66. The van der Waals surface area contributed by atoms with Crippen LogP contribution in [0, 0.1) is 24.6 Å². The molecule has 0 radical (unpaired) electrons. The maximum Gasteiger partial charge on any atom is 1.00 e. The fourth-order valence-corrected chi connectivity index (χ4v) is 8.07. The Kier molecular flexibility index (Phi) is 42.2. The first kappa shape index (κ1) is 75.5. The maximum absolute atomic E-state index is 12.3. The minimum absolute atomic E-state index is 0. The number of aliphatic hydroxyl groups excluding tert-OH is 1. The number of nitrogens with one attached hydrogen (secondary N) is 1. The molecule has 420 valence electrons. The van der Waals surface area contributed by atoms with E-state index in [0.717, 1.165) is 65.0 Å². The third-order valence-electron chi connectivity index (χ3n) is 10.4. The number of H-pyrrole nitrogens is 1. The smallest absolute Gasteiger partial charge is 0.512 e. The van der Waals surface area contributed by atoms with Crippen molar-refractivity contribution in [3.63, 3.8) is 0 Å². The second kappa shape index (κ2) is 44.2. The Bertz CT molecular complexity index is 2920. The van der Waals surface area contributed by atoms with Gasteiger partial charge in [0.2, 0.25) is 9.84 Å². The van der Waals surface area contributed by atoms with E-state index in [2.05, 4.69) is 89.9 Å². The zero-order valence-electron chi connectivity index (χ0n) is 46.3. The number of aliphatic imine (C=N–C) groups is 1. The Morgan fingerprint density at radius 3 is 1.52 bits per heavy atom. The van der Waals surface area contributed by atoms with Gasteiger partial charge in [-0.3, -0.25) is 14.4 Å². The second-order valence-corrected chi connectivity index (χ2v) is 18.5. The number of imidazole rings is 3. The normalized spacial score (nSPS) is 12.1. The van der Waals surface area contributed by atoms with Crippen LogP contribution in [0.3, 0.4) is 0 Å². The van der Waals surface area contributed by atoms with Crippen LogP contribution < -0.4 is 29.6 Å². The van der Waals surface area contributed by atoms with Crippen LogP contribution in [0.1, 0.15) is 122 Å². The largest absolute Gasteiger partial charge is 1.00 e. The second-order valence-electron chi connectivity index (χ2n) is 15.9. The molecule has 0 bridgehead atoms. The van der Waals surface area contributed by atoms with Gasteiger partial charge in [-0.05, 0) is 138 Å². The molecule has 79 heavy (non-hydrogen) atoms. The molecule has 2 N–H and O–H groups in total. The Morgan fingerprint density at radius 2 is 1.19 bits per heavy atom. The predicted molar refractivity (Wildman–Crippen MR) is 316 cm³/mol. The van der Waals surface area contributed by atoms with Crippen molar-refractivity contribution in [1.29, 1.82) is 5.26 Å². The number of aldehydes is 1. The Labute approximate surface area is 511 Å². The number of hydrogen-bond donors (Lipinski definition) is 2. The Balaban J connectivity index is 0. The molecular formula is C57H69Br3FN8NaO8S. The summed E-state index contributed by atoms with van der Waals surface area (Å²) in [7, 11) is -3.44. The zero-order chi connectivity index (χ0) is 59.1. The van der Waals surface area contributed by atoms with Crippen LogP contribution in [0.2, 0.25) is 0 Å². The number of rotatable bonds is 13. The molecular weight excluding hydrogens is 1240 g/mol. The molecule has 16 nitrogen and oxygen atoms in total. The number of aliphatic hydroxyl groups is 1. The van der Waals surface area contributed by atoms with E-state index in [1.54, 1.807) is 57.1 Å². The van der Waals surface area contributed by atoms with E-state index in [0.29, 0.717) is 28.6 Å². The molecule has 0 unspecified atom stereocenters. The summed E-state index contributed by atoms with van der Waals surface area (Å²) in [6.07, 6.45) is 17.0. The first-order chi connectivity index (χ1) is 37.5. The molecule has 0 saturated carbocycles. The molecule has 0 spiro atoms. The van der Waals surface area contributed by atoms with Gasteiger partial charge in [-0.25, -0.2) is 32.8 Å². The quantitative estimate of drug-likeness (QED) is 0.0361. The van der Waals surface area contributed by atoms with Crippen molar-refractivity contribution >= 4 is 84.1 Å². The van der Waals surface area contributed by atoms with E-state index in [4.69, 9.17) is 21.7 Å². The van der Waals surface area contributed by atoms with E-state index in [1.807, 2.05) is 97.0 Å². The Morgan fingerprint density at radius 1 is 0.759 bits per heavy atom. The maximum atomic E-state index is 12.3. The van der Waals surface area contributed by atoms with Gasteiger partial charge < -0.3 is 40.6 Å². The van der Waals surface area contributed by atoms with Crippen LogP contribution in [-0.2, 0) is 38.6 Å². The van der Waals surface area contributed by atoms with Gasteiger partial charge in [0.25, 0.3) is 0 Å². The van der Waals surface area contributed by atoms with Gasteiger partial charge in [0.05, 0.1) is 40.6 Å². The summed E-state index contributed by atoms with van der Waals surface area (Å²) in [5, 5.41) is 13.4. The molecule has 1 aliphatic heterocycles. The molecule has 0 aliphatic carbocycles. The number of benzene rings is 4. The van der Waals surface area contributed by atoms with Gasteiger partial charge in [-0.15, -0.1) is 0 Å². The molecule has 4 aromatic carbocycles. The number of Topliss-reactive ketones (excluding diaryl/α,β-unsaturated/α-hetero) is 3. The summed E-state index contributed by atoms with van der Waals surface area (Å²) < 4.78 is 46.0. The third kappa shape index (κ3) is 28.4. The molecule has 1 aliphatic rings. The number of hydrogen-bond acceptors (Lipinski definition) is 13. The van der Waals surface area contributed by atoms with Crippen molar-refractivity contribution in [2.24, 2.45) is 4.99 Å². The molecule has 0 fully saturated rings. The molecule has 22 heteroatoms. The van der Waals surface area contributed by atoms with Crippen LogP contribution in [-0.4, -0.2) is 96.0 Å². The van der Waals surface area contributed by atoms with E-state index in [-0.39, 0.29) is 65.4 Å². The van der Waals surface area contributed by atoms with E-state index in [9.17, 15) is 32.0 Å². The van der Waals surface area contributed by atoms with Crippen LogP contribution in [0.5, 0.6) is 0 Å². The summed E-state index contributed by atoms with van der Waals surface area (Å²) in [4.78, 5) is 62.0. The number of aryl methyl sites for hydroxylation is 4. The monoisotopic (exact) mass is 1300 g/mol. The molecule has 7 aromatic rings. The average molecular weight is 1310 g/mol. The minimum Gasteiger partial charge on any atom is -0.512 e. The van der Waals surface area contributed by atoms with Gasteiger partial charge in [-0.2, -0.15) is 0 Å². The summed E-state index contributed by atoms with van der Waals surface area (Å²) in [5.41, 5.74) is 8.39. The van der Waals surface area contributed by atoms with Gasteiger partial charge in [0.15, 0.2) is 29.1 Å². The number of alkyl halides is 1. The molecule has 4 heterocycles. The number of aromatic amines is 1. The number of halogens is 4. The molecule has 2 atom stereocenters. The number of carbonyl (C=O) groups excluding carboxylic acids is 4. The van der Waals surface area contributed by atoms with Gasteiger partial charge in [0.1, 0.15) is 18.2 Å². The SMILES string of the molecule is BrBr.CC(=O)c1ccc(F)cc1.CCC=O.CCO.CC[C@@H]1OC=N[C@H]1S(=O)(=O)c1ccc(C)cc1.CCc1cn(-c2ccc(C(=O)CBr)cc2)cn1.CCc1cn(-c2ccc(C(C)=O)cc2)cn1.CCc1cnc[nH]1.[C-]#N.[Na+]. The van der Waals surface area contributed by atoms with Crippen molar-refractivity contribution in [2.75, 3.05) is 11.9 Å². The first-order valence-corrected chi connectivity index (χ1v) is 30.8. The van der Waals surface area contributed by atoms with Crippen molar-refractivity contribution in [1.82, 2.24) is 29.1 Å². The van der Waals surface area contributed by atoms with E-state index >= 15 is 0 Å². The molecule has 8 rings (SSSR count). The van der Waals surface area contributed by atoms with Gasteiger partial charge >= 0.3 is 29.6 Å². The van der Waals surface area contributed by atoms with Crippen LogP contribution >= 0.6 is 44.2 Å². The van der Waals surface area contributed by atoms with E-state index in [1.165, 1.54) is 43.3 Å². The van der Waals surface area contributed by atoms with E-state index < -0.39 is 15.2 Å². The Hall–Kier alpha value is -5.57. The van der Waals surface area contributed by atoms with Crippen molar-refractivity contribution in [2.45, 2.75) is 111 Å². The topological polar surface area (TPSA) is 232 Å². The molecule has 3 aromatic heterocycles. The first-order valence-electron chi connectivity index (χ1n) is 24.5. The zero-order valence-corrected chi connectivity index (χ0v) is 53.9. The predicted octanol–water partition coefficient (Wildman–Crippen LogP) is 9.97. The van der Waals surface area contributed by atoms with Gasteiger partial charge in [-0.1, -0.05) is 68.2 Å². The van der Waals surface area contributed by atoms with Crippen LogP contribution in [0.15, 0.2) is 145 Å². The fourth-order valence-electron chi connectivity index (χ4n) is 6.08. The van der Waals surface area contributed by atoms with Crippen molar-refractivity contribution < 1.29 is 71.4 Å². The average Bonchev–Trinajstić information content (AvgIpc) is 4.35. The number of ketones is 3. The third-order valence-corrected chi connectivity index (χ3v) is 12.9. The molecule has 0 amide bonds. The standard InChI is InChI=1S/C13H13BrN2O.C13H14N2O.C12H15NO3S.C8H7FO.C5H8N2.C3H6O.C2H6O.CN.Br2.Na/c1-2-11-8-16(9-15-11)12-5-3-10(4-6-12)13(17)7-14;1-3-12-8-15(9-14-12)13-6-4-11(5-7-13)10(2)16;1-3-11-12(13-8-16-11)17(14,15)10-6-4-9(2)5-7-10;1-6(10)7-2-4-8(9)5-3-7;1-2-5-3-6-4-7-5;1-2-3-4;1-2-3;2*1-2;/h3-6,8-9H,2,7H2,1H3;4-9H,3H2,1-2H3;4-8,11-12H,3H2,1-2H3;2-5H,1H3;3-4H,2H2,1H3,(H,6,7);3H,2H2,1H3;3H,2H2,1H3;;;/q;;;;;;;-1;;+1/t;;11-,12-;;;;;;;/m..0......./s1. The summed E-state index contributed by atoms with van der Waals surface area (Å²) in [6, 6.07) is 27.4. The number of ether oxygens (including phenoxy) is 1. The van der Waals surface area contributed by atoms with Gasteiger partial charge in [0, 0.05) is 93.6 Å². The van der Waals surface area contributed by atoms with Crippen LogP contribution in [0.25, 0.3) is 11.4 Å². The number of nitrogens with zero attached hydrogens (tertiary/aromatic N) is 7. The number of sulfone groups is 1. The molecule has 0 saturated heterocycles. The number of aromatic nitrogens is 6.